The molecule has 1 heterocycles. The number of fused-ring (bicyclic) bond motifs is 1. The molecular weight excluding hydrogens is 280 g/mol. The summed E-state index contributed by atoms with van der Waals surface area (Å²) in [5.74, 6) is 0.896. The lowest BCUT2D eigenvalue weighted by Crippen LogP contribution is -2.18. The van der Waals surface area contributed by atoms with Crippen molar-refractivity contribution in [2.75, 3.05) is 19.0 Å². The number of anilines is 1. The molecule has 1 atom stereocenters. The fourth-order valence-electron chi connectivity index (χ4n) is 1.63. The molecule has 0 aliphatic carbocycles. The summed E-state index contributed by atoms with van der Waals surface area (Å²) in [5, 5.41) is 5.59. The van der Waals surface area contributed by atoms with Gasteiger partial charge in [0.2, 0.25) is 0 Å². The van der Waals surface area contributed by atoms with Crippen LogP contribution in [0.3, 0.4) is 0 Å². The lowest BCUT2D eigenvalue weighted by Gasteiger charge is -2.13. The van der Waals surface area contributed by atoms with E-state index in [1.807, 2.05) is 31.3 Å². The molecule has 0 radical (unpaired) electrons. The second kappa shape index (κ2) is 5.47. The molecule has 0 aliphatic heterocycles. The van der Waals surface area contributed by atoms with Crippen molar-refractivity contribution in [2.45, 2.75) is 13.0 Å². The van der Waals surface area contributed by atoms with E-state index in [0.29, 0.717) is 0 Å². The van der Waals surface area contributed by atoms with Crippen molar-refractivity contribution in [3.05, 3.63) is 34.9 Å². The second-order valence-electron chi connectivity index (χ2n) is 3.92. The molecular formula is C13H15BrN2O. The van der Waals surface area contributed by atoms with E-state index in [1.54, 1.807) is 7.11 Å². The molecule has 0 spiro atoms. The van der Waals surface area contributed by atoms with Gasteiger partial charge in [-0.15, -0.1) is 0 Å². The van der Waals surface area contributed by atoms with Crippen LogP contribution in [0.5, 0.6) is 0 Å². The molecule has 2 rings (SSSR count). The van der Waals surface area contributed by atoms with Gasteiger partial charge in [-0.3, -0.25) is 0 Å². The smallest absolute Gasteiger partial charge is 0.133 e. The zero-order valence-electron chi connectivity index (χ0n) is 9.90. The first-order valence-corrected chi connectivity index (χ1v) is 6.31. The summed E-state index contributed by atoms with van der Waals surface area (Å²) in [7, 11) is 1.71. The molecule has 0 bridgehead atoms. The van der Waals surface area contributed by atoms with E-state index in [9.17, 15) is 0 Å². The molecule has 1 N–H and O–H groups in total. The number of benzene rings is 1. The first-order chi connectivity index (χ1) is 8.22. The Labute approximate surface area is 109 Å². The summed E-state index contributed by atoms with van der Waals surface area (Å²) in [5.41, 5.74) is 0. The molecule has 4 heteroatoms. The lowest BCUT2D eigenvalue weighted by atomic mass is 10.1. The van der Waals surface area contributed by atoms with Crippen molar-refractivity contribution < 1.29 is 4.74 Å². The van der Waals surface area contributed by atoms with Crippen molar-refractivity contribution in [3.8, 4) is 0 Å². The van der Waals surface area contributed by atoms with Crippen molar-refractivity contribution in [2.24, 2.45) is 0 Å². The molecule has 2 aromatic rings. The minimum absolute atomic E-state index is 0.166. The first-order valence-electron chi connectivity index (χ1n) is 5.52. The van der Waals surface area contributed by atoms with E-state index < -0.39 is 0 Å². The van der Waals surface area contributed by atoms with Crippen molar-refractivity contribution in [3.63, 3.8) is 0 Å². The number of ether oxygens (including phenoxy) is 1. The summed E-state index contributed by atoms with van der Waals surface area (Å²) in [4.78, 5) is 4.37. The fraction of sp³-hybridized carbons (Fsp3) is 0.308. The van der Waals surface area contributed by atoms with Crippen LogP contribution in [0.4, 0.5) is 5.82 Å². The van der Waals surface area contributed by atoms with Gasteiger partial charge in [0.25, 0.3) is 0 Å². The van der Waals surface area contributed by atoms with Crippen LogP contribution in [0.2, 0.25) is 0 Å². The molecule has 1 aromatic heterocycles. The predicted molar refractivity (Wildman–Crippen MR) is 74.4 cm³/mol. The highest BCUT2D eigenvalue weighted by molar-refractivity contribution is 9.10. The summed E-state index contributed by atoms with van der Waals surface area (Å²) in [6, 6.07) is 8.11. The zero-order valence-corrected chi connectivity index (χ0v) is 11.5. The highest BCUT2D eigenvalue weighted by atomic mass is 79.9. The van der Waals surface area contributed by atoms with Gasteiger partial charge in [0.1, 0.15) is 5.82 Å². The third kappa shape index (κ3) is 2.76. The Morgan fingerprint density at radius 3 is 2.94 bits per heavy atom. The minimum atomic E-state index is 0.166. The number of methoxy groups -OCH3 is 1. The van der Waals surface area contributed by atoms with E-state index in [0.717, 1.165) is 27.6 Å². The average Bonchev–Trinajstić information content (AvgIpc) is 2.36. The number of nitrogens with one attached hydrogen (secondary N) is 1. The van der Waals surface area contributed by atoms with E-state index in [1.165, 1.54) is 0 Å². The van der Waals surface area contributed by atoms with Gasteiger partial charge in [0.05, 0.1) is 6.10 Å². The Kier molecular flexibility index (Phi) is 3.97. The third-order valence-corrected chi connectivity index (χ3v) is 3.40. The number of hydrogen-bond donors (Lipinski definition) is 1. The van der Waals surface area contributed by atoms with Crippen LogP contribution in [0.25, 0.3) is 10.8 Å². The number of hydrogen-bond acceptors (Lipinski definition) is 3. The Balaban J connectivity index is 2.31. The van der Waals surface area contributed by atoms with Crippen molar-refractivity contribution in [1.29, 1.82) is 0 Å². The van der Waals surface area contributed by atoms with Gasteiger partial charge in [-0.05, 0) is 19.1 Å². The molecule has 0 fully saturated rings. The molecule has 17 heavy (non-hydrogen) atoms. The van der Waals surface area contributed by atoms with Crippen LogP contribution in [0.1, 0.15) is 6.92 Å². The largest absolute Gasteiger partial charge is 0.380 e. The van der Waals surface area contributed by atoms with Crippen molar-refractivity contribution in [1.82, 2.24) is 4.98 Å². The molecule has 3 nitrogen and oxygen atoms in total. The monoisotopic (exact) mass is 294 g/mol. The zero-order chi connectivity index (χ0) is 12.3. The standard InChI is InChI=1S/C13H15BrN2O/c1-9(17-2)8-16-13-11-4-3-5-12(14)10(11)6-7-15-13/h3-7,9H,8H2,1-2H3,(H,15,16). The van der Waals surface area contributed by atoms with Gasteiger partial charge >= 0.3 is 0 Å². The van der Waals surface area contributed by atoms with Crippen LogP contribution in [-0.4, -0.2) is 24.7 Å². The van der Waals surface area contributed by atoms with Gasteiger partial charge in [-0.1, -0.05) is 28.1 Å². The number of pyridine rings is 1. The third-order valence-electron chi connectivity index (χ3n) is 2.71. The van der Waals surface area contributed by atoms with Gasteiger partial charge in [0, 0.05) is 35.1 Å². The number of nitrogens with zero attached hydrogens (tertiary/aromatic N) is 1. The molecule has 1 unspecified atom stereocenters. The van der Waals surface area contributed by atoms with Gasteiger partial charge in [0.15, 0.2) is 0 Å². The van der Waals surface area contributed by atoms with Crippen LogP contribution < -0.4 is 5.32 Å². The molecule has 0 amide bonds. The lowest BCUT2D eigenvalue weighted by molar-refractivity contribution is 0.128. The Morgan fingerprint density at radius 2 is 2.18 bits per heavy atom. The fourth-order valence-corrected chi connectivity index (χ4v) is 2.13. The van der Waals surface area contributed by atoms with E-state index in [-0.39, 0.29) is 6.10 Å². The molecule has 0 saturated heterocycles. The maximum atomic E-state index is 5.21. The molecule has 0 saturated carbocycles. The van der Waals surface area contributed by atoms with E-state index >= 15 is 0 Å². The average molecular weight is 295 g/mol. The van der Waals surface area contributed by atoms with Gasteiger partial charge in [-0.2, -0.15) is 0 Å². The van der Waals surface area contributed by atoms with E-state index in [4.69, 9.17) is 4.74 Å². The van der Waals surface area contributed by atoms with E-state index in [2.05, 4.69) is 32.3 Å². The number of rotatable bonds is 4. The summed E-state index contributed by atoms with van der Waals surface area (Å²) >= 11 is 3.54. The number of aromatic nitrogens is 1. The normalized spacial score (nSPS) is 12.6. The summed E-state index contributed by atoms with van der Waals surface area (Å²) < 4.78 is 6.29. The molecule has 0 aliphatic rings. The van der Waals surface area contributed by atoms with Crippen LogP contribution >= 0.6 is 15.9 Å². The SMILES string of the molecule is COC(C)CNc1nccc2c(Br)cccc12. The Morgan fingerprint density at radius 1 is 1.35 bits per heavy atom. The van der Waals surface area contributed by atoms with Crippen molar-refractivity contribution >= 4 is 32.5 Å². The first kappa shape index (κ1) is 12.3. The minimum Gasteiger partial charge on any atom is -0.380 e. The highest BCUT2D eigenvalue weighted by Crippen LogP contribution is 2.27. The number of halogens is 1. The second-order valence-corrected chi connectivity index (χ2v) is 4.78. The Hall–Kier alpha value is -1.13. The van der Waals surface area contributed by atoms with Crippen LogP contribution in [0, 0.1) is 0 Å². The topological polar surface area (TPSA) is 34.1 Å². The van der Waals surface area contributed by atoms with Gasteiger partial charge < -0.3 is 10.1 Å². The maximum absolute atomic E-state index is 5.21. The predicted octanol–water partition coefficient (Wildman–Crippen LogP) is 3.44. The van der Waals surface area contributed by atoms with Crippen LogP contribution in [-0.2, 0) is 4.74 Å². The quantitative estimate of drug-likeness (QED) is 0.938. The highest BCUT2D eigenvalue weighted by Gasteiger charge is 2.05. The molecule has 90 valence electrons. The summed E-state index contributed by atoms with van der Waals surface area (Å²) in [6.07, 6.45) is 1.98. The van der Waals surface area contributed by atoms with Crippen LogP contribution in [0.15, 0.2) is 34.9 Å². The van der Waals surface area contributed by atoms with Gasteiger partial charge in [-0.25, -0.2) is 4.98 Å². The molecule has 1 aromatic carbocycles. The maximum Gasteiger partial charge on any atom is 0.133 e. The summed E-state index contributed by atoms with van der Waals surface area (Å²) in [6.45, 7) is 2.77. The Bertz CT molecular complexity index is 516.